The summed E-state index contributed by atoms with van der Waals surface area (Å²) in [5.74, 6) is 0. The number of ether oxygens (including phenoxy) is 1. The van der Waals surface area contributed by atoms with E-state index in [4.69, 9.17) is 16.3 Å². The normalized spacial score (nSPS) is 10.6. The minimum Gasteiger partial charge on any atom is -0.380 e. The molecule has 0 saturated carbocycles. The Morgan fingerprint density at radius 3 is 2.81 bits per heavy atom. The average Bonchev–Trinajstić information content (AvgIpc) is 2.48. The largest absolute Gasteiger partial charge is 0.380 e. The minimum absolute atomic E-state index is 0.179. The van der Waals surface area contributed by atoms with Crippen molar-refractivity contribution in [1.29, 1.82) is 0 Å². The average molecular weight is 373 g/mol. The number of hydrogen-bond acceptors (Lipinski definition) is 4. The molecule has 0 aliphatic rings. The molecule has 1 N–H and O–H groups in total. The highest BCUT2D eigenvalue weighted by atomic mass is 79.9. The van der Waals surface area contributed by atoms with Gasteiger partial charge in [-0.05, 0) is 33.6 Å². The first kappa shape index (κ1) is 16.0. The molecular formula is C14H15BrClN3O2. The van der Waals surface area contributed by atoms with E-state index < -0.39 is 0 Å². The maximum atomic E-state index is 11.7. The lowest BCUT2D eigenvalue weighted by Gasteiger charge is -2.09. The van der Waals surface area contributed by atoms with Gasteiger partial charge in [-0.25, -0.2) is 4.68 Å². The molecule has 0 fully saturated rings. The second kappa shape index (κ2) is 7.59. The summed E-state index contributed by atoms with van der Waals surface area (Å²) in [6.45, 7) is 1.63. The molecule has 0 atom stereocenters. The zero-order valence-electron chi connectivity index (χ0n) is 11.5. The SMILES string of the molecule is Cn1ncc(NCCOCc2ccc(Cl)cc2)c(Br)c1=O. The van der Waals surface area contributed by atoms with Crippen LogP contribution in [0, 0.1) is 0 Å². The van der Waals surface area contributed by atoms with Gasteiger partial charge in [0.05, 0.1) is 25.1 Å². The lowest BCUT2D eigenvalue weighted by Crippen LogP contribution is -2.22. The van der Waals surface area contributed by atoms with Gasteiger partial charge in [0.25, 0.3) is 5.56 Å². The summed E-state index contributed by atoms with van der Waals surface area (Å²) in [6, 6.07) is 7.52. The van der Waals surface area contributed by atoms with Crippen molar-refractivity contribution in [3.63, 3.8) is 0 Å². The third-order valence-corrected chi connectivity index (χ3v) is 3.84. The molecule has 2 aromatic rings. The summed E-state index contributed by atoms with van der Waals surface area (Å²) in [4.78, 5) is 11.7. The topological polar surface area (TPSA) is 56.1 Å². The van der Waals surface area contributed by atoms with Gasteiger partial charge in [0.15, 0.2) is 0 Å². The van der Waals surface area contributed by atoms with Crippen LogP contribution in [0.2, 0.25) is 5.02 Å². The number of nitrogens with zero attached hydrogens (tertiary/aromatic N) is 2. The van der Waals surface area contributed by atoms with E-state index in [0.29, 0.717) is 34.9 Å². The molecule has 5 nitrogen and oxygen atoms in total. The number of aryl methyl sites for hydroxylation is 1. The van der Waals surface area contributed by atoms with Crippen molar-refractivity contribution >= 4 is 33.2 Å². The highest BCUT2D eigenvalue weighted by Crippen LogP contribution is 2.15. The first-order valence-corrected chi connectivity index (χ1v) is 7.53. The van der Waals surface area contributed by atoms with Crippen LogP contribution in [0.4, 0.5) is 5.69 Å². The van der Waals surface area contributed by atoms with Crippen molar-refractivity contribution in [2.75, 3.05) is 18.5 Å². The van der Waals surface area contributed by atoms with Gasteiger partial charge in [0.2, 0.25) is 0 Å². The smallest absolute Gasteiger partial charge is 0.282 e. The van der Waals surface area contributed by atoms with Crippen LogP contribution in [0.1, 0.15) is 5.56 Å². The Kier molecular flexibility index (Phi) is 5.78. The zero-order valence-corrected chi connectivity index (χ0v) is 13.8. The zero-order chi connectivity index (χ0) is 15.2. The van der Waals surface area contributed by atoms with Crippen LogP contribution >= 0.6 is 27.5 Å². The Bertz CT molecular complexity index is 658. The molecule has 0 bridgehead atoms. The quantitative estimate of drug-likeness (QED) is 0.792. The first-order chi connectivity index (χ1) is 10.1. The summed E-state index contributed by atoms with van der Waals surface area (Å²) in [5.41, 5.74) is 1.55. The van der Waals surface area contributed by atoms with Gasteiger partial charge in [0.1, 0.15) is 4.47 Å². The highest BCUT2D eigenvalue weighted by molar-refractivity contribution is 9.10. The molecule has 0 saturated heterocycles. The summed E-state index contributed by atoms with van der Waals surface area (Å²) in [5, 5.41) is 7.77. The lowest BCUT2D eigenvalue weighted by molar-refractivity contribution is 0.130. The van der Waals surface area contributed by atoms with Crippen LogP contribution in [-0.4, -0.2) is 22.9 Å². The first-order valence-electron chi connectivity index (χ1n) is 6.36. The fourth-order valence-corrected chi connectivity index (χ4v) is 2.29. The number of nitrogens with one attached hydrogen (secondary N) is 1. The van der Waals surface area contributed by atoms with Crippen LogP contribution in [-0.2, 0) is 18.4 Å². The van der Waals surface area contributed by atoms with Crippen LogP contribution in [0.15, 0.2) is 39.7 Å². The predicted molar refractivity (Wildman–Crippen MR) is 86.8 cm³/mol. The van der Waals surface area contributed by atoms with Gasteiger partial charge < -0.3 is 10.1 Å². The summed E-state index contributed by atoms with van der Waals surface area (Å²) in [6.07, 6.45) is 1.60. The van der Waals surface area contributed by atoms with E-state index in [1.54, 1.807) is 13.2 Å². The Balaban J connectivity index is 1.76. The maximum absolute atomic E-state index is 11.7. The molecule has 21 heavy (non-hydrogen) atoms. The number of anilines is 1. The molecule has 0 spiro atoms. The monoisotopic (exact) mass is 371 g/mol. The molecule has 0 unspecified atom stereocenters. The molecule has 0 amide bonds. The van der Waals surface area contributed by atoms with Gasteiger partial charge in [-0.3, -0.25) is 4.79 Å². The molecule has 0 aliphatic carbocycles. The van der Waals surface area contributed by atoms with Gasteiger partial charge in [-0.15, -0.1) is 0 Å². The van der Waals surface area contributed by atoms with E-state index >= 15 is 0 Å². The van der Waals surface area contributed by atoms with Crippen LogP contribution < -0.4 is 10.9 Å². The molecule has 1 aromatic carbocycles. The Labute approximate surface area is 136 Å². The molecular weight excluding hydrogens is 358 g/mol. The summed E-state index contributed by atoms with van der Waals surface area (Å²) >= 11 is 9.07. The number of rotatable bonds is 6. The lowest BCUT2D eigenvalue weighted by atomic mass is 10.2. The molecule has 0 aliphatic heterocycles. The number of hydrogen-bond donors (Lipinski definition) is 1. The molecule has 0 radical (unpaired) electrons. The third-order valence-electron chi connectivity index (χ3n) is 2.82. The Morgan fingerprint density at radius 2 is 2.10 bits per heavy atom. The van der Waals surface area contributed by atoms with E-state index in [1.807, 2.05) is 24.3 Å². The van der Waals surface area contributed by atoms with Gasteiger partial charge in [-0.2, -0.15) is 5.10 Å². The van der Waals surface area contributed by atoms with Crippen LogP contribution in [0.25, 0.3) is 0 Å². The highest BCUT2D eigenvalue weighted by Gasteiger charge is 2.05. The number of benzene rings is 1. The Hall–Kier alpha value is -1.37. The van der Waals surface area contributed by atoms with Crippen molar-refractivity contribution in [2.24, 2.45) is 7.05 Å². The van der Waals surface area contributed by atoms with Gasteiger partial charge >= 0.3 is 0 Å². The minimum atomic E-state index is -0.179. The number of halogens is 2. The van der Waals surface area contributed by atoms with E-state index in [0.717, 1.165) is 5.56 Å². The van der Waals surface area contributed by atoms with Crippen molar-refractivity contribution < 1.29 is 4.74 Å². The van der Waals surface area contributed by atoms with E-state index in [1.165, 1.54) is 4.68 Å². The standard InChI is InChI=1S/C14H15BrClN3O2/c1-19-14(20)13(15)12(8-18-19)17-6-7-21-9-10-2-4-11(16)5-3-10/h2-5,8,17H,6-7,9H2,1H3. The fraction of sp³-hybridized carbons (Fsp3) is 0.286. The van der Waals surface area contributed by atoms with Crippen LogP contribution in [0.5, 0.6) is 0 Å². The summed E-state index contributed by atoms with van der Waals surface area (Å²) in [7, 11) is 1.60. The molecule has 2 rings (SSSR count). The molecule has 1 heterocycles. The van der Waals surface area contributed by atoms with Crippen molar-refractivity contribution in [3.05, 3.63) is 55.9 Å². The predicted octanol–water partition coefficient (Wildman–Crippen LogP) is 2.82. The van der Waals surface area contributed by atoms with Gasteiger partial charge in [0, 0.05) is 18.6 Å². The van der Waals surface area contributed by atoms with Crippen molar-refractivity contribution in [3.8, 4) is 0 Å². The van der Waals surface area contributed by atoms with E-state index in [-0.39, 0.29) is 5.56 Å². The molecule has 1 aromatic heterocycles. The third kappa shape index (κ3) is 4.56. The Morgan fingerprint density at radius 1 is 1.38 bits per heavy atom. The van der Waals surface area contributed by atoms with E-state index in [2.05, 4.69) is 26.3 Å². The molecule has 7 heteroatoms. The van der Waals surface area contributed by atoms with Crippen molar-refractivity contribution in [2.45, 2.75) is 6.61 Å². The van der Waals surface area contributed by atoms with Gasteiger partial charge in [-0.1, -0.05) is 23.7 Å². The maximum Gasteiger partial charge on any atom is 0.282 e. The summed E-state index contributed by atoms with van der Waals surface area (Å²) < 4.78 is 7.29. The van der Waals surface area contributed by atoms with Crippen LogP contribution in [0.3, 0.4) is 0 Å². The second-order valence-electron chi connectivity index (χ2n) is 4.41. The fourth-order valence-electron chi connectivity index (χ4n) is 1.66. The molecule has 112 valence electrons. The number of aromatic nitrogens is 2. The van der Waals surface area contributed by atoms with Crippen molar-refractivity contribution in [1.82, 2.24) is 9.78 Å². The second-order valence-corrected chi connectivity index (χ2v) is 5.64. The van der Waals surface area contributed by atoms with E-state index in [9.17, 15) is 4.79 Å².